The van der Waals surface area contributed by atoms with Crippen molar-refractivity contribution in [1.82, 2.24) is 0 Å². The molecule has 0 aromatic carbocycles. The number of hydrogen-bond donors (Lipinski definition) is 7. The quantitative estimate of drug-likeness (QED) is 0.230. The third-order valence-electron chi connectivity index (χ3n) is 15.4. The highest BCUT2D eigenvalue weighted by atomic mass is 16.7. The Morgan fingerprint density at radius 3 is 2.16 bits per heavy atom. The lowest BCUT2D eigenvalue weighted by atomic mass is 9.34. The Kier molecular flexibility index (Phi) is 8.33. The molecule has 5 aliphatic carbocycles. The van der Waals surface area contributed by atoms with Crippen molar-refractivity contribution in [2.45, 2.75) is 148 Å². The normalized spacial score (nSPS) is 57.6. The van der Waals surface area contributed by atoms with Gasteiger partial charge >= 0.3 is 0 Å². The van der Waals surface area contributed by atoms with Crippen molar-refractivity contribution in [3.05, 3.63) is 11.6 Å². The van der Waals surface area contributed by atoms with Crippen LogP contribution < -0.4 is 0 Å². The first-order valence-electron chi connectivity index (χ1n) is 17.5. The van der Waals surface area contributed by atoms with Crippen LogP contribution in [0, 0.1) is 50.7 Å². The summed E-state index contributed by atoms with van der Waals surface area (Å²) >= 11 is 0. The molecule has 0 aromatic heterocycles. The zero-order valence-corrected chi connectivity index (χ0v) is 28.4. The van der Waals surface area contributed by atoms with Crippen LogP contribution in [0.15, 0.2) is 11.6 Å². The fourth-order valence-corrected chi connectivity index (χ4v) is 12.1. The second kappa shape index (κ2) is 10.9. The van der Waals surface area contributed by atoms with E-state index in [1.54, 1.807) is 6.92 Å². The van der Waals surface area contributed by atoms with Crippen LogP contribution in [-0.4, -0.2) is 97.5 Å². The highest BCUT2D eigenvalue weighted by molar-refractivity contribution is 5.36. The molecule has 45 heavy (non-hydrogen) atoms. The number of aliphatic hydroxyl groups excluding tert-OH is 7. The van der Waals surface area contributed by atoms with Gasteiger partial charge in [-0.3, -0.25) is 0 Å². The van der Waals surface area contributed by atoms with Crippen molar-refractivity contribution in [3.63, 3.8) is 0 Å². The summed E-state index contributed by atoms with van der Waals surface area (Å²) in [7, 11) is 0. The Morgan fingerprint density at radius 2 is 1.51 bits per heavy atom. The highest BCUT2D eigenvalue weighted by Crippen LogP contribution is 2.75. The largest absolute Gasteiger partial charge is 0.396 e. The lowest BCUT2D eigenvalue weighted by Gasteiger charge is -2.72. The molecule has 16 atom stereocenters. The standard InChI is InChI=1S/C36H60O9/c1-19-26(40)27(41)22(17-37)44-30(19)45-36-14-12-31(2,3)29(43)25(36)20-8-9-24-32(4)16-21(39)28(42)33(5,18-38)23(32)10-11-35(24,7)34(20,6)13-15-36/h8,19,21-30,37-43H,9-18H2,1-7H3/t19-,21-,22-,23-,24-,25-,26-,27-,28+,29+,30+,32+,33-,34-,35-,36+/m1/s1. The van der Waals surface area contributed by atoms with Crippen molar-refractivity contribution < 1.29 is 45.2 Å². The SMILES string of the molecule is C[C@H]1[C@H](O[C@]23CCC(C)(C)[C@@H](O)[C@H]2C2=CC[C@@H]4[C@@]5(C)C[C@@H](O)[C@H](O)[C@](C)(CO)[C@@H]5CC[C@@]4(C)[C@]2(C)CC3)O[C@H](CO)[C@@H](O)[C@@H]1O. The predicted octanol–water partition coefficient (Wildman–Crippen LogP) is 2.91. The number of fused-ring (bicyclic) bond motifs is 7. The summed E-state index contributed by atoms with van der Waals surface area (Å²) in [6.45, 7) is 14.4. The van der Waals surface area contributed by atoms with Crippen LogP contribution in [-0.2, 0) is 9.47 Å². The molecular weight excluding hydrogens is 576 g/mol. The molecule has 1 heterocycles. The Bertz CT molecular complexity index is 1170. The number of allylic oxidation sites excluding steroid dienone is 1. The third kappa shape index (κ3) is 4.51. The summed E-state index contributed by atoms with van der Waals surface area (Å²) in [5.41, 5.74) is -1.30. The van der Waals surface area contributed by atoms with Gasteiger partial charge in [0.1, 0.15) is 12.2 Å². The Labute approximate surface area is 269 Å². The first-order chi connectivity index (χ1) is 20.9. The van der Waals surface area contributed by atoms with E-state index >= 15 is 0 Å². The molecule has 1 saturated heterocycles. The van der Waals surface area contributed by atoms with Crippen LogP contribution in [0.3, 0.4) is 0 Å². The van der Waals surface area contributed by atoms with Crippen LogP contribution in [0.25, 0.3) is 0 Å². The number of aliphatic hydroxyl groups is 7. The maximum absolute atomic E-state index is 12.2. The van der Waals surface area contributed by atoms with E-state index in [0.29, 0.717) is 12.8 Å². The van der Waals surface area contributed by atoms with Crippen molar-refractivity contribution in [1.29, 1.82) is 0 Å². The average molecular weight is 637 g/mol. The second-order valence-electron chi connectivity index (χ2n) is 17.8. The molecule has 4 saturated carbocycles. The van der Waals surface area contributed by atoms with Gasteiger partial charge in [0, 0.05) is 17.3 Å². The van der Waals surface area contributed by atoms with E-state index in [1.807, 2.05) is 6.92 Å². The monoisotopic (exact) mass is 636 g/mol. The van der Waals surface area contributed by atoms with E-state index in [-0.39, 0.29) is 46.0 Å². The predicted molar refractivity (Wildman–Crippen MR) is 168 cm³/mol. The van der Waals surface area contributed by atoms with E-state index in [2.05, 4.69) is 40.7 Å². The van der Waals surface area contributed by atoms with Crippen LogP contribution in [0.5, 0.6) is 0 Å². The van der Waals surface area contributed by atoms with Gasteiger partial charge in [0.15, 0.2) is 6.29 Å². The topological polar surface area (TPSA) is 160 Å². The molecule has 0 aromatic rings. The minimum absolute atomic E-state index is 0.0708. The molecule has 258 valence electrons. The van der Waals surface area contributed by atoms with E-state index in [9.17, 15) is 35.7 Å². The molecule has 1 aliphatic heterocycles. The average Bonchev–Trinajstić information content (AvgIpc) is 2.99. The molecule has 9 nitrogen and oxygen atoms in total. The highest BCUT2D eigenvalue weighted by Gasteiger charge is 2.71. The molecular formula is C36H60O9. The van der Waals surface area contributed by atoms with Gasteiger partial charge in [-0.05, 0) is 84.9 Å². The van der Waals surface area contributed by atoms with Crippen LogP contribution in [0.1, 0.15) is 99.8 Å². The lowest BCUT2D eigenvalue weighted by Crippen LogP contribution is -2.70. The summed E-state index contributed by atoms with van der Waals surface area (Å²) < 4.78 is 13.1. The van der Waals surface area contributed by atoms with Crippen molar-refractivity contribution >= 4 is 0 Å². The second-order valence-corrected chi connectivity index (χ2v) is 17.8. The summed E-state index contributed by atoms with van der Waals surface area (Å²) in [5.74, 6) is -0.528. The van der Waals surface area contributed by atoms with Gasteiger partial charge in [0.2, 0.25) is 0 Å². The van der Waals surface area contributed by atoms with Gasteiger partial charge in [0.25, 0.3) is 0 Å². The molecule has 0 unspecified atom stereocenters. The first kappa shape index (κ1) is 34.3. The van der Waals surface area contributed by atoms with Gasteiger partial charge in [-0.25, -0.2) is 0 Å². The number of rotatable bonds is 4. The zero-order chi connectivity index (χ0) is 33.1. The van der Waals surface area contributed by atoms with E-state index in [1.165, 1.54) is 5.57 Å². The van der Waals surface area contributed by atoms with Crippen LogP contribution in [0.2, 0.25) is 0 Å². The molecule has 0 bridgehead atoms. The smallest absolute Gasteiger partial charge is 0.164 e. The summed E-state index contributed by atoms with van der Waals surface area (Å²) in [4.78, 5) is 0. The van der Waals surface area contributed by atoms with Gasteiger partial charge < -0.3 is 45.2 Å². The van der Waals surface area contributed by atoms with Gasteiger partial charge in [-0.2, -0.15) is 0 Å². The third-order valence-corrected chi connectivity index (χ3v) is 15.4. The molecule has 0 spiro atoms. The van der Waals surface area contributed by atoms with E-state index in [4.69, 9.17) is 9.47 Å². The minimum Gasteiger partial charge on any atom is -0.396 e. The van der Waals surface area contributed by atoms with Crippen molar-refractivity contribution in [2.24, 2.45) is 50.7 Å². The Hall–Kier alpha value is -0.620. The maximum atomic E-state index is 12.2. The van der Waals surface area contributed by atoms with Gasteiger partial charge in [-0.1, -0.05) is 60.1 Å². The van der Waals surface area contributed by atoms with Crippen molar-refractivity contribution in [3.8, 4) is 0 Å². The summed E-state index contributed by atoms with van der Waals surface area (Å²) in [5, 5.41) is 76.3. The molecule has 0 radical (unpaired) electrons. The molecule has 5 fully saturated rings. The number of hydrogen-bond acceptors (Lipinski definition) is 9. The molecule has 0 amide bonds. The van der Waals surface area contributed by atoms with Gasteiger partial charge in [0.05, 0.1) is 43.2 Å². The fraction of sp³-hybridized carbons (Fsp3) is 0.944. The maximum Gasteiger partial charge on any atom is 0.164 e. The van der Waals surface area contributed by atoms with Crippen molar-refractivity contribution in [2.75, 3.05) is 13.2 Å². The molecule has 9 heteroatoms. The Balaban J connectivity index is 1.41. The van der Waals surface area contributed by atoms with E-state index < -0.39 is 66.5 Å². The number of ether oxygens (including phenoxy) is 2. The molecule has 6 rings (SSSR count). The Morgan fingerprint density at radius 1 is 0.844 bits per heavy atom. The fourth-order valence-electron chi connectivity index (χ4n) is 12.1. The first-order valence-corrected chi connectivity index (χ1v) is 17.5. The molecule has 6 aliphatic rings. The van der Waals surface area contributed by atoms with Gasteiger partial charge in [-0.15, -0.1) is 0 Å². The summed E-state index contributed by atoms with van der Waals surface area (Å²) in [6.07, 6.45) is 1.83. The summed E-state index contributed by atoms with van der Waals surface area (Å²) in [6, 6.07) is 0. The zero-order valence-electron chi connectivity index (χ0n) is 28.4. The van der Waals surface area contributed by atoms with Crippen LogP contribution in [0.4, 0.5) is 0 Å². The lowest BCUT2D eigenvalue weighted by molar-refractivity contribution is -0.336. The molecule has 7 N–H and O–H groups in total. The van der Waals surface area contributed by atoms with Crippen LogP contribution >= 0.6 is 0 Å². The minimum atomic E-state index is -1.20. The van der Waals surface area contributed by atoms with E-state index in [0.717, 1.165) is 38.5 Å².